The Morgan fingerprint density at radius 3 is 2.81 bits per heavy atom. The molecule has 7 heteroatoms. The zero-order valence-electron chi connectivity index (χ0n) is 8.71. The Labute approximate surface area is 95.8 Å². The Bertz CT molecular complexity index is 436. The second-order valence-electron chi connectivity index (χ2n) is 3.16. The van der Waals surface area contributed by atoms with Gasteiger partial charge in [-0.05, 0) is 13.8 Å². The topological polar surface area (TPSA) is 93.3 Å². The van der Waals surface area contributed by atoms with Gasteiger partial charge in [-0.2, -0.15) is 0 Å². The van der Waals surface area contributed by atoms with E-state index in [0.29, 0.717) is 10.6 Å². The third kappa shape index (κ3) is 2.93. The molecule has 16 heavy (non-hydrogen) atoms. The number of aliphatic carboxylic acids is 1. The fraction of sp³-hybridized carbons (Fsp3) is 0.333. The van der Waals surface area contributed by atoms with E-state index < -0.39 is 16.1 Å². The summed E-state index contributed by atoms with van der Waals surface area (Å²) in [6, 6.07) is 1.29. The lowest BCUT2D eigenvalue weighted by Gasteiger charge is -2.05. The molecule has 1 N–H and O–H groups in total. The quantitative estimate of drug-likeness (QED) is 0.492. The number of aryl methyl sites for hydroxylation is 1. The monoisotopic (exact) mass is 242 g/mol. The van der Waals surface area contributed by atoms with Crippen LogP contribution in [0.5, 0.6) is 0 Å². The maximum atomic E-state index is 10.6. The maximum Gasteiger partial charge on any atom is 0.316 e. The van der Waals surface area contributed by atoms with Crippen molar-refractivity contribution in [1.82, 2.24) is 4.98 Å². The summed E-state index contributed by atoms with van der Waals surface area (Å²) in [5.74, 6) is -0.977. The van der Waals surface area contributed by atoms with Gasteiger partial charge in [0.1, 0.15) is 10.3 Å². The normalized spacial score (nSPS) is 12.1. The van der Waals surface area contributed by atoms with Crippen LogP contribution in [0.4, 0.5) is 5.69 Å². The third-order valence-electron chi connectivity index (χ3n) is 1.89. The maximum absolute atomic E-state index is 10.6. The molecule has 1 atom stereocenters. The smallest absolute Gasteiger partial charge is 0.316 e. The van der Waals surface area contributed by atoms with E-state index in [0.717, 1.165) is 11.8 Å². The Morgan fingerprint density at radius 1 is 1.69 bits per heavy atom. The number of hydrogen-bond donors (Lipinski definition) is 1. The number of hydrogen-bond acceptors (Lipinski definition) is 5. The van der Waals surface area contributed by atoms with Gasteiger partial charge in [0.25, 0.3) is 5.69 Å². The predicted octanol–water partition coefficient (Wildman–Crippen LogP) is 1.86. The Balaban J connectivity index is 2.95. The summed E-state index contributed by atoms with van der Waals surface area (Å²) in [6.45, 7) is 3.08. The number of aromatic nitrogens is 1. The van der Waals surface area contributed by atoms with Crippen molar-refractivity contribution < 1.29 is 14.8 Å². The van der Waals surface area contributed by atoms with E-state index in [1.165, 1.54) is 19.2 Å². The number of pyridine rings is 1. The number of carbonyl (C=O) groups is 1. The average molecular weight is 242 g/mol. The predicted molar refractivity (Wildman–Crippen MR) is 58.6 cm³/mol. The number of carboxylic acids is 1. The summed E-state index contributed by atoms with van der Waals surface area (Å²) in [5.41, 5.74) is 0.410. The molecule has 1 aromatic rings. The number of carboxylic acid groups (broad SMARTS) is 1. The number of nitro groups is 1. The van der Waals surface area contributed by atoms with Crippen LogP contribution in [0.2, 0.25) is 0 Å². The first-order valence-corrected chi connectivity index (χ1v) is 5.30. The van der Waals surface area contributed by atoms with E-state index in [9.17, 15) is 14.9 Å². The van der Waals surface area contributed by atoms with Crippen LogP contribution in [0.3, 0.4) is 0 Å². The number of thioether (sulfide) groups is 1. The van der Waals surface area contributed by atoms with Crippen LogP contribution in [0.15, 0.2) is 17.3 Å². The molecule has 0 bridgehead atoms. The SMILES string of the molecule is Cc1cnc(SC(C)C(=O)O)cc1[N+](=O)[O-]. The summed E-state index contributed by atoms with van der Waals surface area (Å²) >= 11 is 0.977. The zero-order chi connectivity index (χ0) is 12.3. The van der Waals surface area contributed by atoms with Gasteiger partial charge in [-0.3, -0.25) is 14.9 Å². The van der Waals surface area contributed by atoms with Crippen LogP contribution in [0.25, 0.3) is 0 Å². The van der Waals surface area contributed by atoms with Crippen LogP contribution in [0.1, 0.15) is 12.5 Å². The summed E-state index contributed by atoms with van der Waals surface area (Å²) in [4.78, 5) is 24.7. The average Bonchev–Trinajstić information content (AvgIpc) is 2.20. The molecular formula is C9H10N2O4S. The molecule has 86 valence electrons. The van der Waals surface area contributed by atoms with Crippen molar-refractivity contribution in [3.63, 3.8) is 0 Å². The van der Waals surface area contributed by atoms with Crippen molar-refractivity contribution in [2.75, 3.05) is 0 Å². The van der Waals surface area contributed by atoms with Gasteiger partial charge in [0.05, 0.1) is 4.92 Å². The third-order valence-corrected chi connectivity index (χ3v) is 2.91. The van der Waals surface area contributed by atoms with E-state index in [2.05, 4.69) is 4.98 Å². The molecule has 1 aromatic heterocycles. The largest absolute Gasteiger partial charge is 0.480 e. The molecule has 1 heterocycles. The molecule has 0 aromatic carbocycles. The highest BCUT2D eigenvalue weighted by Gasteiger charge is 2.17. The van der Waals surface area contributed by atoms with Crippen molar-refractivity contribution in [2.24, 2.45) is 0 Å². The molecule has 0 fully saturated rings. The van der Waals surface area contributed by atoms with Gasteiger partial charge in [-0.1, -0.05) is 11.8 Å². The van der Waals surface area contributed by atoms with E-state index in [4.69, 9.17) is 5.11 Å². The molecule has 1 rings (SSSR count). The standard InChI is InChI=1S/C9H10N2O4S/c1-5-4-10-8(3-7(5)11(14)15)16-6(2)9(12)13/h3-4,6H,1-2H3,(H,12,13). The highest BCUT2D eigenvalue weighted by molar-refractivity contribution is 8.00. The lowest BCUT2D eigenvalue weighted by atomic mass is 10.3. The molecule has 0 saturated carbocycles. The molecule has 1 unspecified atom stereocenters. The zero-order valence-corrected chi connectivity index (χ0v) is 9.52. The van der Waals surface area contributed by atoms with Crippen LogP contribution in [0, 0.1) is 17.0 Å². The lowest BCUT2D eigenvalue weighted by molar-refractivity contribution is -0.385. The molecule has 0 aliphatic rings. The second-order valence-corrected chi connectivity index (χ2v) is 4.53. The fourth-order valence-electron chi connectivity index (χ4n) is 0.987. The fourth-order valence-corrected chi connectivity index (χ4v) is 1.74. The molecule has 0 amide bonds. The molecule has 0 aliphatic carbocycles. The second kappa shape index (κ2) is 4.93. The summed E-state index contributed by atoms with van der Waals surface area (Å²) < 4.78 is 0. The van der Waals surface area contributed by atoms with E-state index in [-0.39, 0.29) is 5.69 Å². The van der Waals surface area contributed by atoms with Gasteiger partial charge < -0.3 is 5.11 Å². The Morgan fingerprint density at radius 2 is 2.31 bits per heavy atom. The highest BCUT2D eigenvalue weighted by Crippen LogP contribution is 2.26. The first kappa shape index (κ1) is 12.4. The van der Waals surface area contributed by atoms with Crippen molar-refractivity contribution >= 4 is 23.4 Å². The minimum absolute atomic E-state index is 0.0462. The highest BCUT2D eigenvalue weighted by atomic mass is 32.2. The van der Waals surface area contributed by atoms with Gasteiger partial charge in [0, 0.05) is 17.8 Å². The molecule has 0 saturated heterocycles. The van der Waals surface area contributed by atoms with E-state index in [1.54, 1.807) is 6.92 Å². The van der Waals surface area contributed by atoms with Crippen molar-refractivity contribution in [3.8, 4) is 0 Å². The van der Waals surface area contributed by atoms with Crippen LogP contribution < -0.4 is 0 Å². The summed E-state index contributed by atoms with van der Waals surface area (Å²) in [7, 11) is 0. The Kier molecular flexibility index (Phi) is 3.83. The van der Waals surface area contributed by atoms with Gasteiger partial charge in [-0.15, -0.1) is 0 Å². The molecular weight excluding hydrogens is 232 g/mol. The minimum atomic E-state index is -0.977. The number of rotatable bonds is 4. The van der Waals surface area contributed by atoms with Crippen LogP contribution in [-0.2, 0) is 4.79 Å². The van der Waals surface area contributed by atoms with Gasteiger partial charge >= 0.3 is 5.97 Å². The van der Waals surface area contributed by atoms with Crippen LogP contribution >= 0.6 is 11.8 Å². The first-order chi connectivity index (χ1) is 7.41. The lowest BCUT2D eigenvalue weighted by Crippen LogP contribution is -2.11. The van der Waals surface area contributed by atoms with Gasteiger partial charge in [-0.25, -0.2) is 4.98 Å². The summed E-state index contributed by atoms with van der Waals surface area (Å²) in [5, 5.41) is 19.0. The Hall–Kier alpha value is -1.63. The summed E-state index contributed by atoms with van der Waals surface area (Å²) in [6.07, 6.45) is 1.37. The van der Waals surface area contributed by atoms with E-state index in [1.807, 2.05) is 0 Å². The van der Waals surface area contributed by atoms with Crippen molar-refractivity contribution in [2.45, 2.75) is 24.1 Å². The molecule has 0 aliphatic heterocycles. The van der Waals surface area contributed by atoms with Gasteiger partial charge in [0.15, 0.2) is 0 Å². The van der Waals surface area contributed by atoms with Crippen molar-refractivity contribution in [1.29, 1.82) is 0 Å². The van der Waals surface area contributed by atoms with Crippen molar-refractivity contribution in [3.05, 3.63) is 27.9 Å². The number of nitrogens with zero attached hydrogens (tertiary/aromatic N) is 2. The van der Waals surface area contributed by atoms with E-state index >= 15 is 0 Å². The molecule has 6 nitrogen and oxygen atoms in total. The van der Waals surface area contributed by atoms with Crippen LogP contribution in [-0.4, -0.2) is 26.2 Å². The molecule has 0 radical (unpaired) electrons. The minimum Gasteiger partial charge on any atom is -0.480 e. The van der Waals surface area contributed by atoms with Gasteiger partial charge in [0.2, 0.25) is 0 Å². The molecule has 0 spiro atoms. The first-order valence-electron chi connectivity index (χ1n) is 4.42.